The summed E-state index contributed by atoms with van der Waals surface area (Å²) in [6.07, 6.45) is 1.73. The number of likely N-dealkylation sites (tertiary alicyclic amines) is 1. The monoisotopic (exact) mass is 503 g/mol. The van der Waals surface area contributed by atoms with E-state index in [1.165, 1.54) is 5.56 Å². The number of carboxylic acids is 1. The number of carboxylic acid groups (broad SMARTS) is 1. The average molecular weight is 504 g/mol. The van der Waals surface area contributed by atoms with Crippen LogP contribution >= 0.6 is 0 Å². The zero-order valence-electron chi connectivity index (χ0n) is 18.6. The average Bonchev–Trinajstić information content (AvgIpc) is 3.29. The Bertz CT molecular complexity index is 1140. The predicted molar refractivity (Wildman–Crippen MR) is 129 cm³/mol. The SMILES string of the molecule is O=C(O)CN=C(c1ccccc1)c1ccccc1[N-]C(=O)[C@@H]1CCCN1Cc1ccccc1.[Cu+]. The summed E-state index contributed by atoms with van der Waals surface area (Å²) in [5, 5.41) is 13.7. The molecule has 0 unspecified atom stereocenters. The number of para-hydroxylation sites is 1. The minimum atomic E-state index is -1.02. The Morgan fingerprint density at radius 2 is 1.59 bits per heavy atom. The molecule has 1 atom stereocenters. The molecule has 1 aliphatic rings. The standard InChI is InChI=1S/C27H27N3O3.Cu/c31-25(32)18-28-26(21-12-5-2-6-13-21)22-14-7-8-15-23(22)29-27(33)24-16-9-17-30(24)19-20-10-3-1-4-11-20;/h1-8,10-15,24H,9,16-19H2,(H2,28,29,31,32,33);/q;+1/p-1/t24-;/m0./s1. The molecule has 3 aromatic rings. The maximum Gasteiger partial charge on any atom is 1.00 e. The van der Waals surface area contributed by atoms with Crippen molar-refractivity contribution in [3.8, 4) is 0 Å². The molecule has 0 aliphatic carbocycles. The summed E-state index contributed by atoms with van der Waals surface area (Å²) in [6, 6.07) is 26.5. The zero-order valence-corrected chi connectivity index (χ0v) is 19.5. The molecule has 0 spiro atoms. The van der Waals surface area contributed by atoms with Crippen LogP contribution < -0.4 is 0 Å². The Balaban J connectivity index is 0.00000324. The summed E-state index contributed by atoms with van der Waals surface area (Å²) in [4.78, 5) is 31.0. The van der Waals surface area contributed by atoms with E-state index in [9.17, 15) is 14.7 Å². The van der Waals surface area contributed by atoms with Crippen molar-refractivity contribution in [2.24, 2.45) is 4.99 Å². The maximum atomic E-state index is 13.3. The molecule has 3 aromatic carbocycles. The van der Waals surface area contributed by atoms with E-state index in [2.05, 4.69) is 27.3 Å². The number of amides is 1. The molecule has 1 amide bonds. The fourth-order valence-electron chi connectivity index (χ4n) is 4.15. The molecule has 6 nitrogen and oxygen atoms in total. The molecule has 0 aromatic heterocycles. The molecule has 0 bridgehead atoms. The van der Waals surface area contributed by atoms with Gasteiger partial charge < -0.3 is 15.2 Å². The number of benzene rings is 3. The third-order valence-electron chi connectivity index (χ3n) is 5.69. The van der Waals surface area contributed by atoms with Gasteiger partial charge in [-0.25, -0.2) is 0 Å². The van der Waals surface area contributed by atoms with Gasteiger partial charge in [0.05, 0.1) is 17.7 Å². The van der Waals surface area contributed by atoms with Crippen LogP contribution in [0.15, 0.2) is 89.9 Å². The fourth-order valence-corrected chi connectivity index (χ4v) is 4.15. The molecule has 7 heteroatoms. The molecule has 4 rings (SSSR count). The van der Waals surface area contributed by atoms with Crippen LogP contribution in [0, 0.1) is 0 Å². The topological polar surface area (TPSA) is 84.1 Å². The molecule has 0 saturated carbocycles. The molecule has 178 valence electrons. The Morgan fingerprint density at radius 3 is 2.29 bits per heavy atom. The van der Waals surface area contributed by atoms with Crippen molar-refractivity contribution in [1.29, 1.82) is 0 Å². The van der Waals surface area contributed by atoms with Crippen LogP contribution in [0.3, 0.4) is 0 Å². The second kappa shape index (κ2) is 12.3. The second-order valence-corrected chi connectivity index (χ2v) is 8.01. The molecule has 0 radical (unpaired) electrons. The van der Waals surface area contributed by atoms with E-state index in [1.54, 1.807) is 6.07 Å². The Labute approximate surface area is 210 Å². The van der Waals surface area contributed by atoms with Gasteiger partial charge in [0.2, 0.25) is 0 Å². The van der Waals surface area contributed by atoms with E-state index >= 15 is 0 Å². The molecule has 1 aliphatic heterocycles. The van der Waals surface area contributed by atoms with Gasteiger partial charge in [-0.15, -0.1) is 5.69 Å². The van der Waals surface area contributed by atoms with Gasteiger partial charge in [0.15, 0.2) is 0 Å². The number of hydrogen-bond donors (Lipinski definition) is 1. The fraction of sp³-hybridized carbons (Fsp3) is 0.222. The van der Waals surface area contributed by atoms with Gasteiger partial charge in [0, 0.05) is 12.1 Å². The van der Waals surface area contributed by atoms with Gasteiger partial charge in [-0.1, -0.05) is 84.9 Å². The van der Waals surface area contributed by atoms with Crippen molar-refractivity contribution in [3.63, 3.8) is 0 Å². The minimum absolute atomic E-state index is 0. The molecule has 34 heavy (non-hydrogen) atoms. The van der Waals surface area contributed by atoms with E-state index in [-0.39, 0.29) is 35.6 Å². The summed E-state index contributed by atoms with van der Waals surface area (Å²) in [7, 11) is 0. The summed E-state index contributed by atoms with van der Waals surface area (Å²) in [5.41, 5.74) is 3.61. The number of nitrogens with zero attached hydrogens (tertiary/aromatic N) is 3. The van der Waals surface area contributed by atoms with Crippen LogP contribution in [0.1, 0.15) is 29.5 Å². The second-order valence-electron chi connectivity index (χ2n) is 8.01. The first kappa shape index (κ1) is 25.4. The summed E-state index contributed by atoms with van der Waals surface area (Å²) in [6.45, 7) is 1.21. The van der Waals surface area contributed by atoms with Crippen LogP contribution in [0.2, 0.25) is 0 Å². The molecule has 1 fully saturated rings. The molecule has 1 saturated heterocycles. The van der Waals surface area contributed by atoms with Crippen molar-refractivity contribution in [2.45, 2.75) is 25.4 Å². The van der Waals surface area contributed by atoms with Crippen LogP contribution in [-0.4, -0.2) is 46.7 Å². The summed E-state index contributed by atoms with van der Waals surface area (Å²) >= 11 is 0. The van der Waals surface area contributed by atoms with Crippen LogP contribution in [-0.2, 0) is 33.2 Å². The Hall–Kier alpha value is -3.25. The Kier molecular flexibility index (Phi) is 9.16. The van der Waals surface area contributed by atoms with E-state index in [1.807, 2.05) is 66.7 Å². The minimum Gasteiger partial charge on any atom is -0.625 e. The normalized spacial score (nSPS) is 16.0. The molecular weight excluding hydrogens is 478 g/mol. The van der Waals surface area contributed by atoms with Crippen molar-refractivity contribution in [2.75, 3.05) is 13.1 Å². The van der Waals surface area contributed by atoms with Crippen molar-refractivity contribution in [1.82, 2.24) is 4.90 Å². The summed E-state index contributed by atoms with van der Waals surface area (Å²) < 4.78 is 0. The van der Waals surface area contributed by atoms with Gasteiger partial charge >= 0.3 is 23.0 Å². The molecule has 1 heterocycles. The first-order chi connectivity index (χ1) is 16.1. The van der Waals surface area contributed by atoms with Crippen molar-refractivity contribution >= 4 is 23.3 Å². The summed E-state index contributed by atoms with van der Waals surface area (Å²) in [5.74, 6) is -1.20. The van der Waals surface area contributed by atoms with Crippen molar-refractivity contribution in [3.05, 3.63) is 107 Å². The zero-order chi connectivity index (χ0) is 23.0. The van der Waals surface area contributed by atoms with Gasteiger partial charge in [-0.05, 0) is 30.5 Å². The van der Waals surface area contributed by atoms with E-state index in [4.69, 9.17) is 0 Å². The number of aliphatic imine (C=N–C) groups is 1. The number of rotatable bonds is 8. The number of carbonyl (C=O) groups excluding carboxylic acids is 1. The van der Waals surface area contributed by atoms with Gasteiger partial charge in [-0.3, -0.25) is 14.7 Å². The quantitative estimate of drug-likeness (QED) is 0.353. The third-order valence-corrected chi connectivity index (χ3v) is 5.69. The first-order valence-corrected chi connectivity index (χ1v) is 11.1. The van der Waals surface area contributed by atoms with Crippen LogP contribution in [0.4, 0.5) is 5.69 Å². The van der Waals surface area contributed by atoms with Crippen molar-refractivity contribution < 1.29 is 31.8 Å². The first-order valence-electron chi connectivity index (χ1n) is 11.1. The number of carbonyl (C=O) groups is 2. The van der Waals surface area contributed by atoms with Gasteiger partial charge in [0.25, 0.3) is 0 Å². The number of aliphatic carboxylic acids is 1. The predicted octanol–water partition coefficient (Wildman–Crippen LogP) is 4.80. The third kappa shape index (κ3) is 6.41. The van der Waals surface area contributed by atoms with E-state index in [0.29, 0.717) is 23.5 Å². The van der Waals surface area contributed by atoms with Gasteiger partial charge in [0.1, 0.15) is 6.54 Å². The molecule has 1 N–H and O–H groups in total. The van der Waals surface area contributed by atoms with Crippen LogP contribution in [0.25, 0.3) is 5.32 Å². The smallest absolute Gasteiger partial charge is 0.625 e. The molecular formula is C27H26CuN3O3. The van der Waals surface area contributed by atoms with Gasteiger partial charge in [-0.2, -0.15) is 0 Å². The maximum absolute atomic E-state index is 13.3. The van der Waals surface area contributed by atoms with E-state index < -0.39 is 5.97 Å². The Morgan fingerprint density at radius 1 is 0.941 bits per heavy atom. The number of hydrogen-bond acceptors (Lipinski definition) is 4. The van der Waals surface area contributed by atoms with E-state index in [0.717, 1.165) is 24.9 Å². The van der Waals surface area contributed by atoms with Crippen LogP contribution in [0.5, 0.6) is 0 Å². The largest absolute Gasteiger partial charge is 1.00 e.